The van der Waals surface area contributed by atoms with Crippen molar-refractivity contribution in [2.75, 3.05) is 13.1 Å². The van der Waals surface area contributed by atoms with Crippen molar-refractivity contribution in [3.8, 4) is 0 Å². The molecule has 0 aliphatic carbocycles. The van der Waals surface area contributed by atoms with Crippen LogP contribution < -0.4 is 5.32 Å². The highest BCUT2D eigenvalue weighted by molar-refractivity contribution is 9.10. The Morgan fingerprint density at radius 3 is 2.42 bits per heavy atom. The first-order chi connectivity index (χ1) is 8.45. The summed E-state index contributed by atoms with van der Waals surface area (Å²) in [6.07, 6.45) is 0. The van der Waals surface area contributed by atoms with E-state index in [0.29, 0.717) is 23.1 Å². The Labute approximate surface area is 127 Å². The molecule has 0 radical (unpaired) electrons. The number of carbonyl (C=O) groups excluding carboxylic acids is 1. The van der Waals surface area contributed by atoms with Crippen LogP contribution in [0.2, 0.25) is 0 Å². The molecule has 1 aliphatic heterocycles. The molecule has 2 unspecified atom stereocenters. The minimum absolute atomic E-state index is 0. The average Bonchev–Trinajstić information content (AvgIpc) is 2.25. The van der Waals surface area contributed by atoms with Gasteiger partial charge in [0.15, 0.2) is 0 Å². The summed E-state index contributed by atoms with van der Waals surface area (Å²) < 4.78 is 13.9. The van der Waals surface area contributed by atoms with E-state index in [1.54, 1.807) is 11.0 Å². The lowest BCUT2D eigenvalue weighted by Gasteiger charge is -2.36. The number of hydrogen-bond acceptors (Lipinski definition) is 2. The molecule has 2 rings (SSSR count). The van der Waals surface area contributed by atoms with Crippen molar-refractivity contribution in [2.24, 2.45) is 0 Å². The Morgan fingerprint density at radius 1 is 1.32 bits per heavy atom. The molecule has 3 nitrogen and oxygen atoms in total. The molecule has 0 aromatic heterocycles. The first kappa shape index (κ1) is 16.4. The highest BCUT2D eigenvalue weighted by Gasteiger charge is 2.25. The number of halogens is 3. The number of amides is 1. The maximum absolute atomic E-state index is 13.3. The quantitative estimate of drug-likeness (QED) is 0.844. The van der Waals surface area contributed by atoms with Gasteiger partial charge < -0.3 is 10.2 Å². The lowest BCUT2D eigenvalue weighted by Crippen LogP contribution is -2.55. The van der Waals surface area contributed by atoms with Gasteiger partial charge in [-0.3, -0.25) is 4.79 Å². The van der Waals surface area contributed by atoms with Crippen LogP contribution in [0, 0.1) is 5.82 Å². The van der Waals surface area contributed by atoms with Gasteiger partial charge in [-0.25, -0.2) is 4.39 Å². The molecule has 1 fully saturated rings. The SMILES string of the molecule is CC1CN(C(=O)c2cc(F)cc(Br)c2)CC(C)N1.Cl. The van der Waals surface area contributed by atoms with Crippen LogP contribution in [0.5, 0.6) is 0 Å². The van der Waals surface area contributed by atoms with Gasteiger partial charge >= 0.3 is 0 Å². The Morgan fingerprint density at radius 2 is 1.89 bits per heavy atom. The largest absolute Gasteiger partial charge is 0.336 e. The number of rotatable bonds is 1. The van der Waals surface area contributed by atoms with E-state index in [4.69, 9.17) is 0 Å². The number of benzene rings is 1. The van der Waals surface area contributed by atoms with Crippen LogP contribution in [0.15, 0.2) is 22.7 Å². The van der Waals surface area contributed by atoms with Gasteiger partial charge in [-0.2, -0.15) is 0 Å². The van der Waals surface area contributed by atoms with E-state index in [-0.39, 0.29) is 30.4 Å². The predicted octanol–water partition coefficient (Wildman–Crippen LogP) is 2.83. The summed E-state index contributed by atoms with van der Waals surface area (Å²) in [5.74, 6) is -0.514. The van der Waals surface area contributed by atoms with Gasteiger partial charge in [-0.15, -0.1) is 12.4 Å². The summed E-state index contributed by atoms with van der Waals surface area (Å²) in [5, 5.41) is 3.36. The second-order valence-corrected chi connectivity index (χ2v) is 5.75. The molecular weight excluding hydrogens is 335 g/mol. The van der Waals surface area contributed by atoms with Gasteiger partial charge in [0.25, 0.3) is 5.91 Å². The fraction of sp³-hybridized carbons (Fsp3) is 0.462. The van der Waals surface area contributed by atoms with Gasteiger partial charge in [0.1, 0.15) is 5.82 Å². The summed E-state index contributed by atoms with van der Waals surface area (Å²) in [6, 6.07) is 4.80. The third-order valence-electron chi connectivity index (χ3n) is 2.95. The maximum atomic E-state index is 13.3. The molecule has 2 atom stereocenters. The molecule has 0 bridgehead atoms. The zero-order valence-corrected chi connectivity index (χ0v) is 13.2. The normalized spacial score (nSPS) is 22.8. The number of hydrogen-bond donors (Lipinski definition) is 1. The van der Waals surface area contributed by atoms with Gasteiger partial charge in [0, 0.05) is 35.2 Å². The van der Waals surface area contributed by atoms with Crippen molar-refractivity contribution in [2.45, 2.75) is 25.9 Å². The molecule has 19 heavy (non-hydrogen) atoms. The summed E-state index contributed by atoms with van der Waals surface area (Å²) in [6.45, 7) is 5.38. The summed E-state index contributed by atoms with van der Waals surface area (Å²) >= 11 is 3.21. The van der Waals surface area contributed by atoms with Crippen molar-refractivity contribution in [1.82, 2.24) is 10.2 Å². The molecule has 6 heteroatoms. The van der Waals surface area contributed by atoms with Gasteiger partial charge in [-0.1, -0.05) is 15.9 Å². The summed E-state index contributed by atoms with van der Waals surface area (Å²) in [4.78, 5) is 14.1. The lowest BCUT2D eigenvalue weighted by molar-refractivity contribution is 0.0673. The minimum atomic E-state index is -0.399. The minimum Gasteiger partial charge on any atom is -0.336 e. The average molecular weight is 352 g/mol. The predicted molar refractivity (Wildman–Crippen MR) is 79.3 cm³/mol. The molecule has 106 valence electrons. The van der Waals surface area contributed by atoms with E-state index in [0.717, 1.165) is 0 Å². The van der Waals surface area contributed by atoms with Gasteiger partial charge in [0.2, 0.25) is 0 Å². The summed E-state index contributed by atoms with van der Waals surface area (Å²) in [7, 11) is 0. The van der Waals surface area contributed by atoms with Crippen LogP contribution in [-0.2, 0) is 0 Å². The van der Waals surface area contributed by atoms with E-state index < -0.39 is 5.82 Å². The van der Waals surface area contributed by atoms with Crippen molar-refractivity contribution in [3.05, 3.63) is 34.1 Å². The first-order valence-electron chi connectivity index (χ1n) is 5.97. The van der Waals surface area contributed by atoms with Gasteiger partial charge in [-0.05, 0) is 32.0 Å². The number of piperazine rings is 1. The molecule has 1 heterocycles. The van der Waals surface area contributed by atoms with Crippen LogP contribution in [0.1, 0.15) is 24.2 Å². The third-order valence-corrected chi connectivity index (χ3v) is 3.41. The number of nitrogens with one attached hydrogen (secondary N) is 1. The maximum Gasteiger partial charge on any atom is 0.254 e. The highest BCUT2D eigenvalue weighted by atomic mass is 79.9. The molecular formula is C13H17BrClFN2O. The van der Waals surface area contributed by atoms with Gasteiger partial charge in [0.05, 0.1) is 0 Å². The molecule has 1 saturated heterocycles. The Bertz CT molecular complexity index is 442. The van der Waals surface area contributed by atoms with E-state index in [1.165, 1.54) is 12.1 Å². The van der Waals surface area contributed by atoms with Crippen molar-refractivity contribution < 1.29 is 9.18 Å². The third kappa shape index (κ3) is 4.16. The van der Waals surface area contributed by atoms with Crippen molar-refractivity contribution in [1.29, 1.82) is 0 Å². The molecule has 1 N–H and O–H groups in total. The van der Waals surface area contributed by atoms with E-state index in [2.05, 4.69) is 21.2 Å². The van der Waals surface area contributed by atoms with E-state index >= 15 is 0 Å². The molecule has 0 spiro atoms. The zero-order chi connectivity index (χ0) is 13.3. The summed E-state index contributed by atoms with van der Waals surface area (Å²) in [5.41, 5.74) is 0.392. The number of carbonyl (C=O) groups is 1. The highest BCUT2D eigenvalue weighted by Crippen LogP contribution is 2.17. The van der Waals surface area contributed by atoms with Crippen molar-refractivity contribution in [3.63, 3.8) is 0 Å². The molecule has 1 aliphatic rings. The van der Waals surface area contributed by atoms with Crippen LogP contribution >= 0.6 is 28.3 Å². The Kier molecular flexibility index (Phi) is 5.77. The second kappa shape index (κ2) is 6.68. The lowest BCUT2D eigenvalue weighted by atomic mass is 10.1. The molecule has 1 aromatic rings. The number of nitrogens with zero attached hydrogens (tertiary/aromatic N) is 1. The molecule has 1 amide bonds. The van der Waals surface area contributed by atoms with Crippen molar-refractivity contribution >= 4 is 34.2 Å². The monoisotopic (exact) mass is 350 g/mol. The Balaban J connectivity index is 0.00000180. The fourth-order valence-corrected chi connectivity index (χ4v) is 2.82. The van der Waals surface area contributed by atoms with Crippen LogP contribution in [-0.4, -0.2) is 36.0 Å². The molecule has 1 aromatic carbocycles. The zero-order valence-electron chi connectivity index (χ0n) is 10.8. The van der Waals surface area contributed by atoms with Crippen LogP contribution in [0.25, 0.3) is 0 Å². The van der Waals surface area contributed by atoms with Crippen LogP contribution in [0.4, 0.5) is 4.39 Å². The van der Waals surface area contributed by atoms with E-state index in [9.17, 15) is 9.18 Å². The topological polar surface area (TPSA) is 32.3 Å². The second-order valence-electron chi connectivity index (χ2n) is 4.84. The smallest absolute Gasteiger partial charge is 0.254 e. The fourth-order valence-electron chi connectivity index (χ4n) is 2.35. The first-order valence-corrected chi connectivity index (χ1v) is 6.76. The standard InChI is InChI=1S/C13H16BrFN2O.ClH/c1-8-6-17(7-9(2)16-8)13(18)10-3-11(14)5-12(15)4-10;/h3-5,8-9,16H,6-7H2,1-2H3;1H. The van der Waals surface area contributed by atoms with E-state index in [1.807, 2.05) is 13.8 Å². The molecule has 0 saturated carbocycles. The van der Waals surface area contributed by atoms with Crippen LogP contribution in [0.3, 0.4) is 0 Å². The Hall–Kier alpha value is -0.650.